The van der Waals surface area contributed by atoms with Crippen molar-refractivity contribution in [2.24, 2.45) is 17.3 Å². The molecule has 2 fully saturated rings. The number of esters is 1. The van der Waals surface area contributed by atoms with Gasteiger partial charge in [0.1, 0.15) is 11.7 Å². The molecule has 5 atom stereocenters. The van der Waals surface area contributed by atoms with Crippen LogP contribution in [0.25, 0.3) is 0 Å². The molecule has 0 saturated heterocycles. The highest BCUT2D eigenvalue weighted by Gasteiger charge is 2.57. The van der Waals surface area contributed by atoms with Gasteiger partial charge < -0.3 is 9.84 Å². The number of hydrogen-bond donors (Lipinski definition) is 1. The van der Waals surface area contributed by atoms with E-state index in [4.69, 9.17) is 4.74 Å². The molecular weight excluding hydrogens is 316 g/mol. The van der Waals surface area contributed by atoms with Crippen LogP contribution in [0.3, 0.4) is 0 Å². The summed E-state index contributed by atoms with van der Waals surface area (Å²) in [6.45, 7) is 11.9. The van der Waals surface area contributed by atoms with Gasteiger partial charge in [-0.3, -0.25) is 9.59 Å². The summed E-state index contributed by atoms with van der Waals surface area (Å²) in [5.74, 6) is 0.202. The first kappa shape index (κ1) is 20.2. The van der Waals surface area contributed by atoms with Crippen LogP contribution in [0, 0.1) is 17.3 Å². The lowest BCUT2D eigenvalue weighted by atomic mass is 9.53. The molecule has 0 aliphatic heterocycles. The molecule has 2 rings (SSSR count). The number of ketones is 1. The highest BCUT2D eigenvalue weighted by atomic mass is 16.6. The van der Waals surface area contributed by atoms with Gasteiger partial charge in [-0.05, 0) is 56.9 Å². The molecule has 4 nitrogen and oxygen atoms in total. The predicted molar refractivity (Wildman–Crippen MR) is 98.0 cm³/mol. The summed E-state index contributed by atoms with van der Waals surface area (Å²) in [4.78, 5) is 24.7. The Hall–Kier alpha value is -1.16. The Bertz CT molecular complexity index is 570. The molecule has 142 valence electrons. The van der Waals surface area contributed by atoms with Crippen molar-refractivity contribution < 1.29 is 19.4 Å². The number of fused-ring (bicyclic) bond motifs is 1. The molecule has 5 unspecified atom stereocenters. The number of ether oxygens (including phenoxy) is 1. The van der Waals surface area contributed by atoms with Crippen LogP contribution in [-0.4, -0.2) is 28.6 Å². The molecule has 0 amide bonds. The molecule has 0 spiro atoms. The Morgan fingerprint density at radius 3 is 2.56 bits per heavy atom. The highest BCUT2D eigenvalue weighted by Crippen LogP contribution is 2.55. The SMILES string of the molecule is CCC(C)CC(=O)OC1CCC2(C)CC(=O)C(=C(C)C)CC2C1(C)O. The van der Waals surface area contributed by atoms with E-state index in [0.29, 0.717) is 25.7 Å². The van der Waals surface area contributed by atoms with E-state index in [0.717, 1.165) is 24.0 Å². The molecule has 1 N–H and O–H groups in total. The van der Waals surface area contributed by atoms with Crippen molar-refractivity contribution in [2.45, 2.75) is 91.8 Å². The van der Waals surface area contributed by atoms with Crippen molar-refractivity contribution in [3.63, 3.8) is 0 Å². The second-order valence-corrected chi connectivity index (χ2v) is 8.95. The summed E-state index contributed by atoms with van der Waals surface area (Å²) in [5, 5.41) is 11.3. The van der Waals surface area contributed by atoms with Crippen LogP contribution in [-0.2, 0) is 14.3 Å². The Balaban J connectivity index is 2.20. The number of Topliss-reactive ketones (excluding diaryl/α,β-unsaturated/α-hetero) is 1. The van der Waals surface area contributed by atoms with Crippen molar-refractivity contribution in [1.29, 1.82) is 0 Å². The van der Waals surface area contributed by atoms with E-state index in [2.05, 4.69) is 13.8 Å². The van der Waals surface area contributed by atoms with Gasteiger partial charge in [0.05, 0.1) is 0 Å². The lowest BCUT2D eigenvalue weighted by Gasteiger charge is -2.55. The summed E-state index contributed by atoms with van der Waals surface area (Å²) < 4.78 is 5.71. The quantitative estimate of drug-likeness (QED) is 0.609. The fourth-order valence-electron chi connectivity index (χ4n) is 4.61. The van der Waals surface area contributed by atoms with Crippen LogP contribution in [0.2, 0.25) is 0 Å². The van der Waals surface area contributed by atoms with Crippen molar-refractivity contribution in [1.82, 2.24) is 0 Å². The molecule has 2 aliphatic carbocycles. The van der Waals surface area contributed by atoms with Crippen molar-refractivity contribution >= 4 is 11.8 Å². The Labute approximate surface area is 152 Å². The minimum absolute atomic E-state index is 0.0715. The molecule has 25 heavy (non-hydrogen) atoms. The third-order valence-corrected chi connectivity index (χ3v) is 6.57. The van der Waals surface area contributed by atoms with Gasteiger partial charge in [-0.2, -0.15) is 0 Å². The van der Waals surface area contributed by atoms with E-state index in [1.54, 1.807) is 6.92 Å². The van der Waals surface area contributed by atoms with Gasteiger partial charge in [-0.15, -0.1) is 0 Å². The average molecular weight is 350 g/mol. The van der Waals surface area contributed by atoms with Crippen molar-refractivity contribution in [3.8, 4) is 0 Å². The molecule has 2 saturated carbocycles. The van der Waals surface area contributed by atoms with Gasteiger partial charge in [0.2, 0.25) is 0 Å². The Morgan fingerprint density at radius 1 is 1.36 bits per heavy atom. The lowest BCUT2D eigenvalue weighted by Crippen LogP contribution is -2.59. The van der Waals surface area contributed by atoms with Gasteiger partial charge in [0, 0.05) is 18.8 Å². The third-order valence-electron chi connectivity index (χ3n) is 6.57. The van der Waals surface area contributed by atoms with E-state index >= 15 is 0 Å². The molecule has 4 heteroatoms. The first-order valence-corrected chi connectivity index (χ1v) is 9.62. The summed E-state index contributed by atoms with van der Waals surface area (Å²) >= 11 is 0. The predicted octanol–water partition coefficient (Wildman–Crippen LogP) is 4.20. The van der Waals surface area contributed by atoms with Gasteiger partial charge in [-0.25, -0.2) is 0 Å². The zero-order valence-corrected chi connectivity index (χ0v) is 16.6. The monoisotopic (exact) mass is 350 g/mol. The summed E-state index contributed by atoms with van der Waals surface area (Å²) in [6, 6.07) is 0. The maximum atomic E-state index is 12.5. The van der Waals surface area contributed by atoms with E-state index in [1.807, 2.05) is 20.8 Å². The van der Waals surface area contributed by atoms with E-state index in [1.165, 1.54) is 0 Å². The summed E-state index contributed by atoms with van der Waals surface area (Å²) in [6.07, 6.45) is 3.30. The molecule has 0 heterocycles. The highest BCUT2D eigenvalue weighted by molar-refractivity contribution is 5.97. The van der Waals surface area contributed by atoms with Crippen LogP contribution >= 0.6 is 0 Å². The second-order valence-electron chi connectivity index (χ2n) is 8.95. The van der Waals surface area contributed by atoms with Crippen LogP contribution in [0.4, 0.5) is 0 Å². The second kappa shape index (κ2) is 7.22. The Kier molecular flexibility index (Phi) is 5.82. The average Bonchev–Trinajstić information content (AvgIpc) is 2.49. The smallest absolute Gasteiger partial charge is 0.306 e. The first-order chi connectivity index (χ1) is 11.5. The number of hydrogen-bond acceptors (Lipinski definition) is 4. The molecule has 0 radical (unpaired) electrons. The maximum Gasteiger partial charge on any atom is 0.306 e. The lowest BCUT2D eigenvalue weighted by molar-refractivity contribution is -0.200. The number of carbonyl (C=O) groups is 2. The van der Waals surface area contributed by atoms with Crippen LogP contribution in [0.1, 0.15) is 80.1 Å². The van der Waals surface area contributed by atoms with E-state index in [-0.39, 0.29) is 29.0 Å². The van der Waals surface area contributed by atoms with Gasteiger partial charge >= 0.3 is 5.97 Å². The zero-order chi connectivity index (χ0) is 19.0. The molecule has 0 aromatic carbocycles. The molecule has 0 bridgehead atoms. The van der Waals surface area contributed by atoms with Crippen molar-refractivity contribution in [3.05, 3.63) is 11.1 Å². The van der Waals surface area contributed by atoms with Crippen LogP contribution in [0.5, 0.6) is 0 Å². The summed E-state index contributed by atoms with van der Waals surface area (Å²) in [5.41, 5.74) is 0.534. The van der Waals surface area contributed by atoms with Gasteiger partial charge in [0.25, 0.3) is 0 Å². The van der Waals surface area contributed by atoms with Crippen LogP contribution in [0.15, 0.2) is 11.1 Å². The Morgan fingerprint density at radius 2 is 2.00 bits per heavy atom. The molecule has 2 aliphatic rings. The maximum absolute atomic E-state index is 12.5. The number of allylic oxidation sites excluding steroid dienone is 2. The first-order valence-electron chi connectivity index (χ1n) is 9.62. The number of rotatable bonds is 4. The van der Waals surface area contributed by atoms with Crippen LogP contribution < -0.4 is 0 Å². The van der Waals surface area contributed by atoms with E-state index < -0.39 is 11.7 Å². The normalized spacial score (nSPS) is 36.6. The number of carbonyl (C=O) groups excluding carboxylic acids is 2. The zero-order valence-electron chi connectivity index (χ0n) is 16.6. The standard InChI is InChI=1S/C21H34O4/c1-7-14(4)10-19(23)25-18-8-9-20(5)12-16(22)15(13(2)3)11-17(20)21(18,6)24/h14,17-18,24H,7-12H2,1-6H3. The van der Waals surface area contributed by atoms with E-state index in [9.17, 15) is 14.7 Å². The fraction of sp³-hybridized carbons (Fsp3) is 0.810. The third kappa shape index (κ3) is 3.99. The van der Waals surface area contributed by atoms with Crippen molar-refractivity contribution in [2.75, 3.05) is 0 Å². The van der Waals surface area contributed by atoms with Gasteiger partial charge in [-0.1, -0.05) is 32.8 Å². The summed E-state index contributed by atoms with van der Waals surface area (Å²) in [7, 11) is 0. The fourth-order valence-corrected chi connectivity index (χ4v) is 4.61. The topological polar surface area (TPSA) is 63.6 Å². The largest absolute Gasteiger partial charge is 0.459 e. The molecular formula is C21H34O4. The van der Waals surface area contributed by atoms with Gasteiger partial charge in [0.15, 0.2) is 5.78 Å². The minimum atomic E-state index is -1.11. The minimum Gasteiger partial charge on any atom is -0.459 e. The molecule has 0 aromatic rings. The molecule has 0 aromatic heterocycles. The number of aliphatic hydroxyl groups is 1.